The highest BCUT2D eigenvalue weighted by molar-refractivity contribution is 5.68. The van der Waals surface area contributed by atoms with Crippen molar-refractivity contribution in [2.45, 2.75) is 77.3 Å². The van der Waals surface area contributed by atoms with Crippen molar-refractivity contribution >= 4 is 6.09 Å². The molecule has 1 amide bonds. The van der Waals surface area contributed by atoms with Crippen LogP contribution in [0.4, 0.5) is 4.79 Å². The summed E-state index contributed by atoms with van der Waals surface area (Å²) in [7, 11) is 0. The maximum absolute atomic E-state index is 12.1. The Morgan fingerprint density at radius 1 is 0.912 bits per heavy atom. The van der Waals surface area contributed by atoms with Gasteiger partial charge in [0.25, 0.3) is 0 Å². The molecule has 3 rings (SSSR count). The molecule has 0 spiro atoms. The Balaban J connectivity index is 1.08. The van der Waals surface area contributed by atoms with E-state index in [0.29, 0.717) is 51.5 Å². The zero-order chi connectivity index (χ0) is 24.2. The van der Waals surface area contributed by atoms with E-state index in [4.69, 9.17) is 23.7 Å². The number of piperidine rings is 1. The van der Waals surface area contributed by atoms with Crippen molar-refractivity contribution < 1.29 is 28.5 Å². The second-order valence-corrected chi connectivity index (χ2v) is 10.3. The third-order valence-electron chi connectivity index (χ3n) is 6.12. The average Bonchev–Trinajstić information content (AvgIpc) is 2.78. The summed E-state index contributed by atoms with van der Waals surface area (Å²) < 4.78 is 28.8. The van der Waals surface area contributed by atoms with E-state index in [1.165, 1.54) is 5.56 Å². The number of hydrogen-bond acceptors (Lipinski definition) is 6. The second-order valence-electron chi connectivity index (χ2n) is 10.3. The molecule has 1 aromatic rings. The summed E-state index contributed by atoms with van der Waals surface area (Å²) in [6.07, 6.45) is 5.10. The van der Waals surface area contributed by atoms with Crippen molar-refractivity contribution in [2.24, 2.45) is 5.92 Å². The molecule has 0 atom stereocenters. The van der Waals surface area contributed by atoms with Crippen molar-refractivity contribution in [3.8, 4) is 0 Å². The van der Waals surface area contributed by atoms with Crippen LogP contribution < -0.4 is 0 Å². The van der Waals surface area contributed by atoms with Gasteiger partial charge in [-0.1, -0.05) is 30.3 Å². The van der Waals surface area contributed by atoms with E-state index in [1.54, 1.807) is 4.90 Å². The minimum atomic E-state index is -0.454. The molecule has 2 fully saturated rings. The molecule has 1 saturated heterocycles. The van der Waals surface area contributed by atoms with E-state index >= 15 is 0 Å². The van der Waals surface area contributed by atoms with E-state index in [1.807, 2.05) is 39.0 Å². The molecule has 2 aliphatic rings. The Kier molecular flexibility index (Phi) is 11.1. The lowest BCUT2D eigenvalue weighted by atomic mass is 9.83. The maximum atomic E-state index is 12.1. The summed E-state index contributed by atoms with van der Waals surface area (Å²) in [4.78, 5) is 13.9. The molecule has 1 aliphatic carbocycles. The zero-order valence-corrected chi connectivity index (χ0v) is 21.2. The van der Waals surface area contributed by atoms with Crippen molar-refractivity contribution in [3.63, 3.8) is 0 Å². The Hall–Kier alpha value is -1.67. The number of rotatable bonds is 13. The number of hydrogen-bond donors (Lipinski definition) is 0. The summed E-state index contributed by atoms with van der Waals surface area (Å²) in [5.74, 6) is 0.623. The third-order valence-corrected chi connectivity index (χ3v) is 6.12. The number of nitrogens with zero attached hydrogens (tertiary/aromatic N) is 1. The van der Waals surface area contributed by atoms with Gasteiger partial charge in [-0.2, -0.15) is 0 Å². The van der Waals surface area contributed by atoms with Gasteiger partial charge in [0.1, 0.15) is 5.60 Å². The first kappa shape index (κ1) is 26.9. The maximum Gasteiger partial charge on any atom is 0.410 e. The standard InChI is InChI=1S/C27H43NO6/c1-27(2,3)34-26(29)28-12-10-24(11-13-28)33-17-16-30-14-7-15-32-25-18-23(19-25)21-31-20-22-8-5-4-6-9-22/h4-6,8-9,23-25H,7,10-21H2,1-3H3. The first-order valence-electron chi connectivity index (χ1n) is 12.8. The van der Waals surface area contributed by atoms with Crippen LogP contribution in [0.5, 0.6) is 0 Å². The summed E-state index contributed by atoms with van der Waals surface area (Å²) in [5.41, 5.74) is 0.772. The van der Waals surface area contributed by atoms with Gasteiger partial charge in [-0.15, -0.1) is 0 Å². The van der Waals surface area contributed by atoms with Crippen LogP contribution in [0.15, 0.2) is 30.3 Å². The molecule has 192 valence electrons. The van der Waals surface area contributed by atoms with Crippen LogP contribution in [0, 0.1) is 5.92 Å². The SMILES string of the molecule is CC(C)(C)OC(=O)N1CCC(OCCOCCCOC2CC(COCc3ccccc3)C2)CC1. The fraction of sp³-hybridized carbons (Fsp3) is 0.741. The molecular weight excluding hydrogens is 434 g/mol. The molecule has 1 saturated carbocycles. The first-order chi connectivity index (χ1) is 16.4. The van der Waals surface area contributed by atoms with E-state index in [-0.39, 0.29) is 12.2 Å². The predicted octanol–water partition coefficient (Wildman–Crippen LogP) is 4.82. The van der Waals surface area contributed by atoms with Crippen molar-refractivity contribution in [1.82, 2.24) is 4.90 Å². The Morgan fingerprint density at radius 3 is 2.32 bits per heavy atom. The lowest BCUT2D eigenvalue weighted by Crippen LogP contribution is -2.43. The smallest absolute Gasteiger partial charge is 0.410 e. The van der Waals surface area contributed by atoms with Crippen LogP contribution in [0.25, 0.3) is 0 Å². The van der Waals surface area contributed by atoms with Gasteiger partial charge in [0.2, 0.25) is 0 Å². The van der Waals surface area contributed by atoms with E-state index in [0.717, 1.165) is 45.3 Å². The molecule has 1 aromatic carbocycles. The van der Waals surface area contributed by atoms with Crippen LogP contribution in [0.2, 0.25) is 0 Å². The lowest BCUT2D eigenvalue weighted by molar-refractivity contribution is -0.0652. The summed E-state index contributed by atoms with van der Waals surface area (Å²) in [6, 6.07) is 10.3. The highest BCUT2D eigenvalue weighted by Crippen LogP contribution is 2.30. The Bertz CT molecular complexity index is 693. The highest BCUT2D eigenvalue weighted by Gasteiger charge is 2.30. The van der Waals surface area contributed by atoms with Crippen LogP contribution in [0.1, 0.15) is 58.4 Å². The quantitative estimate of drug-likeness (QED) is 0.380. The molecule has 7 heteroatoms. The highest BCUT2D eigenvalue weighted by atomic mass is 16.6. The minimum Gasteiger partial charge on any atom is -0.444 e. The fourth-order valence-corrected chi connectivity index (χ4v) is 4.18. The van der Waals surface area contributed by atoms with Gasteiger partial charge in [-0.05, 0) is 64.4 Å². The molecule has 1 aliphatic heterocycles. The molecule has 0 aromatic heterocycles. The van der Waals surface area contributed by atoms with Gasteiger partial charge >= 0.3 is 6.09 Å². The average molecular weight is 478 g/mol. The lowest BCUT2D eigenvalue weighted by Gasteiger charge is -2.35. The minimum absolute atomic E-state index is 0.189. The summed E-state index contributed by atoms with van der Waals surface area (Å²) in [6.45, 7) is 11.1. The Labute approximate surface area is 205 Å². The Morgan fingerprint density at radius 2 is 1.62 bits per heavy atom. The largest absolute Gasteiger partial charge is 0.444 e. The van der Waals surface area contributed by atoms with Crippen LogP contribution in [0.3, 0.4) is 0 Å². The van der Waals surface area contributed by atoms with Gasteiger partial charge in [0, 0.05) is 26.3 Å². The van der Waals surface area contributed by atoms with Gasteiger partial charge in [0.05, 0.1) is 38.6 Å². The summed E-state index contributed by atoms with van der Waals surface area (Å²) >= 11 is 0. The number of carbonyl (C=O) groups is 1. The van der Waals surface area contributed by atoms with E-state index < -0.39 is 5.60 Å². The first-order valence-corrected chi connectivity index (χ1v) is 12.8. The summed E-state index contributed by atoms with van der Waals surface area (Å²) in [5, 5.41) is 0. The zero-order valence-electron chi connectivity index (χ0n) is 21.2. The number of ether oxygens (including phenoxy) is 5. The van der Waals surface area contributed by atoms with Crippen LogP contribution in [-0.4, -0.2) is 74.9 Å². The molecule has 0 N–H and O–H groups in total. The predicted molar refractivity (Wildman–Crippen MR) is 131 cm³/mol. The number of likely N-dealkylation sites (tertiary alicyclic amines) is 1. The van der Waals surface area contributed by atoms with Crippen molar-refractivity contribution in [2.75, 3.05) is 46.1 Å². The molecule has 0 bridgehead atoms. The third kappa shape index (κ3) is 10.3. The number of amides is 1. The normalized spacial score (nSPS) is 21.3. The van der Waals surface area contributed by atoms with Crippen LogP contribution in [-0.2, 0) is 30.3 Å². The van der Waals surface area contributed by atoms with Crippen LogP contribution >= 0.6 is 0 Å². The second kappa shape index (κ2) is 14.0. The van der Waals surface area contributed by atoms with Gasteiger partial charge in [-0.25, -0.2) is 4.79 Å². The molecule has 34 heavy (non-hydrogen) atoms. The molecular formula is C27H43NO6. The van der Waals surface area contributed by atoms with Gasteiger partial charge < -0.3 is 28.6 Å². The van der Waals surface area contributed by atoms with Crippen molar-refractivity contribution in [1.29, 1.82) is 0 Å². The molecule has 7 nitrogen and oxygen atoms in total. The van der Waals surface area contributed by atoms with Crippen molar-refractivity contribution in [3.05, 3.63) is 35.9 Å². The molecule has 0 unspecified atom stereocenters. The van der Waals surface area contributed by atoms with E-state index in [2.05, 4.69) is 12.1 Å². The monoisotopic (exact) mass is 477 g/mol. The van der Waals surface area contributed by atoms with Gasteiger partial charge in [-0.3, -0.25) is 0 Å². The van der Waals surface area contributed by atoms with Gasteiger partial charge in [0.15, 0.2) is 0 Å². The fourth-order valence-electron chi connectivity index (χ4n) is 4.18. The number of benzene rings is 1. The topological polar surface area (TPSA) is 66.5 Å². The molecule has 0 radical (unpaired) electrons. The van der Waals surface area contributed by atoms with E-state index in [9.17, 15) is 4.79 Å². The molecule has 1 heterocycles. The number of carbonyl (C=O) groups excluding carboxylic acids is 1.